The Labute approximate surface area is 153 Å². The summed E-state index contributed by atoms with van der Waals surface area (Å²) in [5.41, 5.74) is 7.48. The number of nitrogens with zero attached hydrogens (tertiary/aromatic N) is 2. The molecular formula is C24H20N2. The molecule has 0 amide bonds. The molecule has 5 rings (SSSR count). The molecule has 126 valence electrons. The molecule has 0 radical (unpaired) electrons. The highest BCUT2D eigenvalue weighted by molar-refractivity contribution is 6.08. The van der Waals surface area contributed by atoms with Gasteiger partial charge < -0.3 is 4.57 Å². The molecule has 0 fully saturated rings. The molecule has 0 saturated heterocycles. The summed E-state index contributed by atoms with van der Waals surface area (Å²) in [6, 6.07) is 17.4. The van der Waals surface area contributed by atoms with E-state index in [1.165, 1.54) is 44.2 Å². The summed E-state index contributed by atoms with van der Waals surface area (Å²) in [5.74, 6) is 0. The van der Waals surface area contributed by atoms with Crippen molar-refractivity contribution in [3.63, 3.8) is 0 Å². The lowest BCUT2D eigenvalue weighted by molar-refractivity contribution is 0.926. The molecule has 0 aliphatic heterocycles. The van der Waals surface area contributed by atoms with Crippen LogP contribution in [0.2, 0.25) is 0 Å². The van der Waals surface area contributed by atoms with Crippen LogP contribution in [0.3, 0.4) is 0 Å². The number of benzene rings is 2. The first-order valence-corrected chi connectivity index (χ1v) is 9.11. The number of fused-ring (bicyclic) bond motifs is 4. The monoisotopic (exact) mass is 336 g/mol. The summed E-state index contributed by atoms with van der Waals surface area (Å²) in [7, 11) is 2.13. The van der Waals surface area contributed by atoms with E-state index in [9.17, 15) is 0 Å². The number of pyridine rings is 1. The molecule has 2 heterocycles. The average Bonchev–Trinajstić information content (AvgIpc) is 2.99. The molecule has 0 saturated carbocycles. The number of hydrogen-bond acceptors (Lipinski definition) is 1. The fraction of sp³-hybridized carbons (Fsp3) is 0.125. The predicted molar refractivity (Wildman–Crippen MR) is 111 cm³/mol. The number of aryl methyl sites for hydroxylation is 2. The second-order valence-electron chi connectivity index (χ2n) is 6.89. The van der Waals surface area contributed by atoms with Crippen LogP contribution >= 0.6 is 0 Å². The second kappa shape index (κ2) is 5.99. The first-order chi connectivity index (χ1) is 12.8. The minimum atomic E-state index is 1.04. The maximum atomic E-state index is 4.52. The Hall–Kier alpha value is -3.13. The second-order valence-corrected chi connectivity index (χ2v) is 6.89. The van der Waals surface area contributed by atoms with E-state index in [4.69, 9.17) is 0 Å². The van der Waals surface area contributed by atoms with Crippen molar-refractivity contribution in [3.8, 4) is 0 Å². The molecule has 2 heteroatoms. The van der Waals surface area contributed by atoms with Gasteiger partial charge in [0.25, 0.3) is 0 Å². The summed E-state index contributed by atoms with van der Waals surface area (Å²) < 4.78 is 2.27. The van der Waals surface area contributed by atoms with E-state index in [1.54, 1.807) is 0 Å². The number of para-hydroxylation sites is 1. The van der Waals surface area contributed by atoms with E-state index in [2.05, 4.69) is 89.4 Å². The van der Waals surface area contributed by atoms with Gasteiger partial charge in [0.15, 0.2) is 0 Å². The van der Waals surface area contributed by atoms with Gasteiger partial charge in [0.2, 0.25) is 0 Å². The molecule has 0 atom stereocenters. The van der Waals surface area contributed by atoms with Gasteiger partial charge in [-0.1, -0.05) is 48.6 Å². The van der Waals surface area contributed by atoms with Crippen LogP contribution in [0.15, 0.2) is 60.8 Å². The summed E-state index contributed by atoms with van der Waals surface area (Å²) in [4.78, 5) is 4.52. The molecule has 2 nitrogen and oxygen atoms in total. The first-order valence-electron chi connectivity index (χ1n) is 9.11. The van der Waals surface area contributed by atoms with Gasteiger partial charge in [-0.15, -0.1) is 0 Å². The molecule has 4 aromatic rings. The minimum absolute atomic E-state index is 1.04. The third kappa shape index (κ3) is 2.38. The van der Waals surface area contributed by atoms with Crippen LogP contribution in [0.25, 0.3) is 40.0 Å². The average molecular weight is 336 g/mol. The summed E-state index contributed by atoms with van der Waals surface area (Å²) >= 11 is 0. The predicted octanol–water partition coefficient (Wildman–Crippen LogP) is 5.86. The van der Waals surface area contributed by atoms with Gasteiger partial charge in [-0.3, -0.25) is 4.98 Å². The minimum Gasteiger partial charge on any atom is -0.344 e. The molecule has 0 N–H and O–H groups in total. The van der Waals surface area contributed by atoms with Crippen LogP contribution in [-0.2, 0) is 13.5 Å². The zero-order valence-corrected chi connectivity index (χ0v) is 14.8. The number of hydrogen-bond donors (Lipinski definition) is 0. The van der Waals surface area contributed by atoms with Crippen molar-refractivity contribution in [2.75, 3.05) is 0 Å². The largest absolute Gasteiger partial charge is 0.344 e. The lowest BCUT2D eigenvalue weighted by Gasteiger charge is -2.11. The smallest absolute Gasteiger partial charge is 0.0489 e. The van der Waals surface area contributed by atoms with Gasteiger partial charge in [0.05, 0.1) is 0 Å². The maximum absolute atomic E-state index is 4.52. The van der Waals surface area contributed by atoms with Crippen molar-refractivity contribution in [1.82, 2.24) is 9.55 Å². The van der Waals surface area contributed by atoms with E-state index in [0.29, 0.717) is 0 Å². The Kier molecular flexibility index (Phi) is 3.49. The standard InChI is InChI=1S/C24H20N2/c1-26-23-9-5-3-7-20(23)21-16-17(11-13-24(21)26)10-12-18-14-15-25-22-8-4-2-6-19(18)22/h2-3,5-7,9-16H,4,8H2,1H3/b12-10+. The Morgan fingerprint density at radius 3 is 2.81 bits per heavy atom. The van der Waals surface area contributed by atoms with Crippen LogP contribution in [0.5, 0.6) is 0 Å². The van der Waals surface area contributed by atoms with Gasteiger partial charge >= 0.3 is 0 Å². The van der Waals surface area contributed by atoms with E-state index in [-0.39, 0.29) is 0 Å². The van der Waals surface area contributed by atoms with Crippen molar-refractivity contribution < 1.29 is 0 Å². The highest BCUT2D eigenvalue weighted by atomic mass is 14.9. The zero-order chi connectivity index (χ0) is 17.5. The summed E-state index contributed by atoms with van der Waals surface area (Å²) in [6.07, 6.45) is 12.9. The van der Waals surface area contributed by atoms with Crippen molar-refractivity contribution in [2.24, 2.45) is 7.05 Å². The highest BCUT2D eigenvalue weighted by Crippen LogP contribution is 2.29. The lowest BCUT2D eigenvalue weighted by atomic mass is 9.97. The fourth-order valence-corrected chi connectivity index (χ4v) is 3.97. The van der Waals surface area contributed by atoms with Crippen LogP contribution in [0.1, 0.15) is 28.8 Å². The Bertz CT molecular complexity index is 1190. The Morgan fingerprint density at radius 1 is 0.962 bits per heavy atom. The molecule has 0 bridgehead atoms. The normalized spacial score (nSPS) is 13.7. The highest BCUT2D eigenvalue weighted by Gasteiger charge is 2.09. The topological polar surface area (TPSA) is 17.8 Å². The van der Waals surface area contributed by atoms with Crippen molar-refractivity contribution >= 4 is 40.0 Å². The Balaban J connectivity index is 1.60. The molecule has 2 aromatic carbocycles. The Morgan fingerprint density at radius 2 is 1.85 bits per heavy atom. The van der Waals surface area contributed by atoms with Crippen LogP contribution < -0.4 is 0 Å². The first kappa shape index (κ1) is 15.2. The lowest BCUT2D eigenvalue weighted by Crippen LogP contribution is -1.99. The molecular weight excluding hydrogens is 316 g/mol. The van der Waals surface area contributed by atoms with Crippen LogP contribution in [0, 0.1) is 0 Å². The molecule has 1 aliphatic rings. The van der Waals surface area contributed by atoms with E-state index >= 15 is 0 Å². The number of aromatic nitrogens is 2. The van der Waals surface area contributed by atoms with Crippen molar-refractivity contribution in [1.29, 1.82) is 0 Å². The van der Waals surface area contributed by atoms with Crippen LogP contribution in [-0.4, -0.2) is 9.55 Å². The summed E-state index contributed by atoms with van der Waals surface area (Å²) in [5, 5.41) is 2.62. The molecule has 0 unspecified atom stereocenters. The fourth-order valence-electron chi connectivity index (χ4n) is 3.97. The van der Waals surface area contributed by atoms with Crippen LogP contribution in [0.4, 0.5) is 0 Å². The maximum Gasteiger partial charge on any atom is 0.0489 e. The number of rotatable bonds is 2. The van der Waals surface area contributed by atoms with Gasteiger partial charge in [-0.05, 0) is 48.2 Å². The van der Waals surface area contributed by atoms with Gasteiger partial charge in [-0.25, -0.2) is 0 Å². The molecule has 2 aromatic heterocycles. The zero-order valence-electron chi connectivity index (χ0n) is 14.8. The van der Waals surface area contributed by atoms with Gasteiger partial charge in [0.1, 0.15) is 0 Å². The summed E-state index contributed by atoms with van der Waals surface area (Å²) in [6.45, 7) is 0. The molecule has 1 aliphatic carbocycles. The van der Waals surface area contributed by atoms with Crippen molar-refractivity contribution in [2.45, 2.75) is 12.8 Å². The SMILES string of the molecule is Cn1c2ccccc2c2cc(/C=C/c3ccnc4c3C=CCC4)ccc21. The van der Waals surface area contributed by atoms with E-state index < -0.39 is 0 Å². The van der Waals surface area contributed by atoms with E-state index in [1.807, 2.05) is 6.20 Å². The van der Waals surface area contributed by atoms with E-state index in [0.717, 1.165) is 12.8 Å². The van der Waals surface area contributed by atoms with Gasteiger partial charge in [-0.2, -0.15) is 0 Å². The number of allylic oxidation sites excluding steroid dienone is 1. The molecule has 0 spiro atoms. The molecule has 26 heavy (non-hydrogen) atoms. The third-order valence-electron chi connectivity index (χ3n) is 5.33. The third-order valence-corrected chi connectivity index (χ3v) is 5.33. The van der Waals surface area contributed by atoms with Gasteiger partial charge in [0, 0.05) is 46.3 Å². The quantitative estimate of drug-likeness (QED) is 0.448. The van der Waals surface area contributed by atoms with Crippen molar-refractivity contribution in [3.05, 3.63) is 83.2 Å².